The third kappa shape index (κ3) is 8.74. The molecule has 1 atom stereocenters. The largest absolute Gasteiger partial charge is 0.619 e. The fraction of sp³-hybridized carbons (Fsp3) is 0.357. The lowest BCUT2D eigenvalue weighted by Gasteiger charge is -2.21. The number of carbonyl (C=O) groups is 1. The summed E-state index contributed by atoms with van der Waals surface area (Å²) < 4.78 is 83.1. The van der Waals surface area contributed by atoms with Gasteiger partial charge >= 0.3 is 12.6 Å². The SMILES string of the molecule is COc1ccc(S(=O)(=O)OCC(=O)OC(Cc2c(Cl)c[n+]([O-])cc2Cl)c2ccc(OC(F)F)c(OCC3CC3)c2)cc1OC. The molecule has 16 heteroatoms. The van der Waals surface area contributed by atoms with Crippen LogP contribution in [0.4, 0.5) is 8.78 Å². The molecule has 0 N–H and O–H groups in total. The maximum atomic E-state index is 13.1. The highest BCUT2D eigenvalue weighted by atomic mass is 35.5. The number of rotatable bonds is 15. The van der Waals surface area contributed by atoms with Crippen LogP contribution in [-0.2, 0) is 30.3 Å². The van der Waals surface area contributed by atoms with Crippen LogP contribution in [0.5, 0.6) is 23.0 Å². The molecule has 0 saturated heterocycles. The Bertz CT molecular complexity index is 1580. The van der Waals surface area contributed by atoms with Gasteiger partial charge in [-0.2, -0.15) is 21.9 Å². The van der Waals surface area contributed by atoms with Crippen molar-refractivity contribution in [3.63, 3.8) is 0 Å². The van der Waals surface area contributed by atoms with Gasteiger partial charge in [0.15, 0.2) is 42.0 Å². The van der Waals surface area contributed by atoms with Crippen LogP contribution in [0.3, 0.4) is 0 Å². The van der Waals surface area contributed by atoms with Crippen LogP contribution in [0.15, 0.2) is 53.7 Å². The second kappa shape index (κ2) is 14.5. The van der Waals surface area contributed by atoms with Gasteiger partial charge in [0.2, 0.25) is 0 Å². The molecule has 1 fully saturated rings. The number of ether oxygens (including phenoxy) is 5. The van der Waals surface area contributed by atoms with Gasteiger partial charge in [-0.15, -0.1) is 0 Å². The lowest BCUT2D eigenvalue weighted by molar-refractivity contribution is -0.605. The minimum atomic E-state index is -4.45. The zero-order valence-electron chi connectivity index (χ0n) is 23.3. The van der Waals surface area contributed by atoms with E-state index >= 15 is 0 Å². The molecule has 238 valence electrons. The minimum absolute atomic E-state index is 0.0225. The average Bonchev–Trinajstić information content (AvgIpc) is 3.81. The number of carbonyl (C=O) groups excluding carboxylic acids is 1. The molecule has 0 bridgehead atoms. The Morgan fingerprint density at radius 1 is 1.00 bits per heavy atom. The molecular formula is C28H27Cl2F2NO10S. The molecular weight excluding hydrogens is 651 g/mol. The van der Waals surface area contributed by atoms with Crippen LogP contribution in [0, 0.1) is 11.1 Å². The molecule has 4 rings (SSSR count). The summed E-state index contributed by atoms with van der Waals surface area (Å²) in [4.78, 5) is 12.6. The van der Waals surface area contributed by atoms with Crippen LogP contribution in [0.1, 0.15) is 30.1 Å². The van der Waals surface area contributed by atoms with E-state index in [1.54, 1.807) is 0 Å². The Balaban J connectivity index is 1.59. The zero-order valence-corrected chi connectivity index (χ0v) is 25.7. The fourth-order valence-electron chi connectivity index (χ4n) is 4.02. The molecule has 44 heavy (non-hydrogen) atoms. The van der Waals surface area contributed by atoms with Gasteiger partial charge in [-0.3, -0.25) is 4.18 Å². The number of nitrogens with zero attached hydrogens (tertiary/aromatic N) is 1. The smallest absolute Gasteiger partial charge is 0.387 e. The summed E-state index contributed by atoms with van der Waals surface area (Å²) in [5.74, 6) is -0.686. The average molecular weight is 678 g/mol. The van der Waals surface area contributed by atoms with E-state index in [1.807, 2.05) is 0 Å². The van der Waals surface area contributed by atoms with Crippen LogP contribution in [-0.4, -0.2) is 48.4 Å². The molecule has 0 amide bonds. The molecule has 11 nitrogen and oxygen atoms in total. The number of halogens is 4. The van der Waals surface area contributed by atoms with Gasteiger partial charge in [0, 0.05) is 18.1 Å². The Morgan fingerprint density at radius 3 is 2.27 bits per heavy atom. The van der Waals surface area contributed by atoms with Crippen molar-refractivity contribution < 1.29 is 54.6 Å². The second-order valence-corrected chi connectivity index (χ2v) is 12.0. The molecule has 1 aliphatic rings. The van der Waals surface area contributed by atoms with Gasteiger partial charge in [0.1, 0.15) is 16.1 Å². The Kier molecular flexibility index (Phi) is 10.9. The highest BCUT2D eigenvalue weighted by molar-refractivity contribution is 7.86. The van der Waals surface area contributed by atoms with Crippen LogP contribution in [0.25, 0.3) is 0 Å². The van der Waals surface area contributed by atoms with E-state index in [1.165, 1.54) is 44.6 Å². The van der Waals surface area contributed by atoms with Gasteiger partial charge in [0.25, 0.3) is 10.1 Å². The minimum Gasteiger partial charge on any atom is -0.619 e. The van der Waals surface area contributed by atoms with Crippen LogP contribution < -0.4 is 23.7 Å². The third-order valence-electron chi connectivity index (χ3n) is 6.42. The summed E-state index contributed by atoms with van der Waals surface area (Å²) in [6.07, 6.45) is 2.55. The maximum absolute atomic E-state index is 13.1. The molecule has 1 saturated carbocycles. The number of hydrogen-bond donors (Lipinski definition) is 0. The van der Waals surface area contributed by atoms with E-state index in [4.69, 9.17) is 46.3 Å². The van der Waals surface area contributed by atoms with E-state index in [-0.39, 0.29) is 68.0 Å². The van der Waals surface area contributed by atoms with E-state index < -0.39 is 35.4 Å². The normalized spacial score (nSPS) is 13.8. The van der Waals surface area contributed by atoms with Crippen molar-refractivity contribution in [1.29, 1.82) is 0 Å². The first-order valence-corrected chi connectivity index (χ1v) is 15.2. The summed E-state index contributed by atoms with van der Waals surface area (Å²) >= 11 is 12.5. The number of hydrogen-bond acceptors (Lipinski definition) is 10. The molecule has 2 aromatic carbocycles. The van der Waals surface area contributed by atoms with Gasteiger partial charge < -0.3 is 28.9 Å². The van der Waals surface area contributed by atoms with E-state index in [2.05, 4.69) is 4.74 Å². The van der Waals surface area contributed by atoms with Crippen molar-refractivity contribution in [1.82, 2.24) is 0 Å². The van der Waals surface area contributed by atoms with Crippen LogP contribution in [0.2, 0.25) is 10.0 Å². The van der Waals surface area contributed by atoms with Gasteiger partial charge in [-0.05, 0) is 48.6 Å². The van der Waals surface area contributed by atoms with E-state index in [0.717, 1.165) is 31.3 Å². The first-order valence-electron chi connectivity index (χ1n) is 13.0. The topological polar surface area (TPSA) is 134 Å². The molecule has 1 aliphatic carbocycles. The summed E-state index contributed by atoms with van der Waals surface area (Å²) in [6.45, 7) is -3.89. The molecule has 0 aliphatic heterocycles. The Morgan fingerprint density at radius 2 is 1.66 bits per heavy atom. The van der Waals surface area contributed by atoms with Crippen molar-refractivity contribution in [2.24, 2.45) is 5.92 Å². The second-order valence-electron chi connectivity index (χ2n) is 9.55. The van der Waals surface area contributed by atoms with Crippen molar-refractivity contribution in [2.75, 3.05) is 27.4 Å². The van der Waals surface area contributed by atoms with Gasteiger partial charge in [-0.1, -0.05) is 29.3 Å². The fourth-order valence-corrected chi connectivity index (χ4v) is 5.49. The summed E-state index contributed by atoms with van der Waals surface area (Å²) in [5.41, 5.74) is 0.477. The van der Waals surface area contributed by atoms with Crippen molar-refractivity contribution in [3.05, 3.63) is 75.2 Å². The monoisotopic (exact) mass is 677 g/mol. The maximum Gasteiger partial charge on any atom is 0.387 e. The molecule has 1 heterocycles. The third-order valence-corrected chi connectivity index (χ3v) is 8.33. The van der Waals surface area contributed by atoms with Crippen molar-refractivity contribution in [3.8, 4) is 23.0 Å². The lowest BCUT2D eigenvalue weighted by atomic mass is 10.0. The summed E-state index contributed by atoms with van der Waals surface area (Å²) in [6, 6.07) is 7.67. The van der Waals surface area contributed by atoms with Crippen molar-refractivity contribution >= 4 is 39.3 Å². The first kappa shape index (κ1) is 33.3. The number of aromatic nitrogens is 1. The Labute approximate surface area is 261 Å². The number of benzene rings is 2. The van der Waals surface area contributed by atoms with Crippen LogP contribution >= 0.6 is 23.2 Å². The van der Waals surface area contributed by atoms with Gasteiger partial charge in [-0.25, -0.2) is 4.79 Å². The summed E-state index contributed by atoms with van der Waals surface area (Å²) in [7, 11) is -1.75. The highest BCUT2D eigenvalue weighted by Gasteiger charge is 2.27. The highest BCUT2D eigenvalue weighted by Crippen LogP contribution is 2.38. The number of alkyl halides is 2. The number of esters is 1. The quantitative estimate of drug-likeness (QED) is 0.0907. The summed E-state index contributed by atoms with van der Waals surface area (Å²) in [5, 5.41) is 11.7. The predicted octanol–water partition coefficient (Wildman–Crippen LogP) is 5.27. The van der Waals surface area contributed by atoms with Crippen molar-refractivity contribution in [2.45, 2.75) is 36.9 Å². The lowest BCUT2D eigenvalue weighted by Crippen LogP contribution is -2.26. The van der Waals surface area contributed by atoms with Gasteiger partial charge in [0.05, 0.1) is 25.7 Å². The molecule has 0 radical (unpaired) electrons. The molecule has 1 aromatic heterocycles. The molecule has 0 spiro atoms. The molecule has 1 unspecified atom stereocenters. The van der Waals surface area contributed by atoms with E-state index in [9.17, 15) is 27.2 Å². The standard InChI is InChI=1S/C28H27Cl2F2NO10S/c1-38-22-8-6-18(10-25(22)39-2)44(36,37)41-15-27(34)42-24(11-19-20(29)12-33(35)13-21(19)30)17-5-7-23(43-28(31)32)26(9-17)40-14-16-3-4-16/h5-10,12-13,16,24,28H,3-4,11,14-15H2,1-2H3. The zero-order chi connectivity index (χ0) is 32.0. The van der Waals surface area contributed by atoms with E-state index in [0.29, 0.717) is 4.73 Å². The molecule has 3 aromatic rings. The predicted molar refractivity (Wildman–Crippen MR) is 152 cm³/mol. The number of methoxy groups -OCH3 is 2. The Hall–Kier alpha value is -3.59. The first-order chi connectivity index (χ1) is 20.9. The number of pyridine rings is 1.